The molecule has 1 atom stereocenters. The highest BCUT2D eigenvalue weighted by atomic mass is 16.6. The second-order valence-electron chi connectivity index (χ2n) is 2.80. The SMILES string of the molecule is CCC(CO)OC(=O)C(C)C. The zero-order valence-electron chi connectivity index (χ0n) is 7.33. The molecule has 11 heavy (non-hydrogen) atoms. The van der Waals surface area contributed by atoms with Crippen LogP contribution in [0.25, 0.3) is 0 Å². The van der Waals surface area contributed by atoms with Crippen LogP contribution in [0.3, 0.4) is 0 Å². The largest absolute Gasteiger partial charge is 0.460 e. The number of ether oxygens (including phenoxy) is 1. The molecule has 0 rings (SSSR count). The maximum atomic E-state index is 10.9. The Bertz CT molecular complexity index is 117. The summed E-state index contributed by atoms with van der Waals surface area (Å²) in [4.78, 5) is 10.9. The van der Waals surface area contributed by atoms with Crippen LogP contribution in [0.5, 0.6) is 0 Å². The summed E-state index contributed by atoms with van der Waals surface area (Å²) in [5, 5.41) is 8.68. The molecule has 0 aliphatic rings. The quantitative estimate of drug-likeness (QED) is 0.623. The Morgan fingerprint density at radius 3 is 2.36 bits per heavy atom. The van der Waals surface area contributed by atoms with Crippen LogP contribution in [0.1, 0.15) is 27.2 Å². The first-order valence-electron chi connectivity index (χ1n) is 3.93. The number of aliphatic hydroxyl groups excluding tert-OH is 1. The number of hydrogen-bond acceptors (Lipinski definition) is 3. The fraction of sp³-hybridized carbons (Fsp3) is 0.875. The molecule has 0 radical (unpaired) electrons. The maximum absolute atomic E-state index is 10.9. The molecular weight excluding hydrogens is 144 g/mol. The lowest BCUT2D eigenvalue weighted by atomic mass is 10.2. The van der Waals surface area contributed by atoms with Gasteiger partial charge in [0, 0.05) is 0 Å². The second-order valence-corrected chi connectivity index (χ2v) is 2.80. The van der Waals surface area contributed by atoms with Gasteiger partial charge in [-0.15, -0.1) is 0 Å². The highest BCUT2D eigenvalue weighted by Gasteiger charge is 2.13. The van der Waals surface area contributed by atoms with Crippen molar-refractivity contribution in [2.75, 3.05) is 6.61 Å². The number of aliphatic hydroxyl groups is 1. The molecule has 0 aliphatic carbocycles. The number of esters is 1. The van der Waals surface area contributed by atoms with Crippen molar-refractivity contribution < 1.29 is 14.6 Å². The molecule has 3 nitrogen and oxygen atoms in total. The van der Waals surface area contributed by atoms with Crippen molar-refractivity contribution in [3.63, 3.8) is 0 Å². The Morgan fingerprint density at radius 1 is 1.55 bits per heavy atom. The van der Waals surface area contributed by atoms with Gasteiger partial charge in [-0.05, 0) is 6.42 Å². The Labute approximate surface area is 67.4 Å². The van der Waals surface area contributed by atoms with Crippen LogP contribution in [0.15, 0.2) is 0 Å². The normalized spacial score (nSPS) is 13.2. The molecule has 0 fully saturated rings. The van der Waals surface area contributed by atoms with E-state index in [9.17, 15) is 4.79 Å². The highest BCUT2D eigenvalue weighted by Crippen LogP contribution is 2.02. The summed E-state index contributed by atoms with van der Waals surface area (Å²) < 4.78 is 4.92. The number of rotatable bonds is 4. The van der Waals surface area contributed by atoms with E-state index >= 15 is 0 Å². The minimum atomic E-state index is -0.329. The van der Waals surface area contributed by atoms with Gasteiger partial charge >= 0.3 is 5.97 Å². The van der Waals surface area contributed by atoms with E-state index in [2.05, 4.69) is 0 Å². The second kappa shape index (κ2) is 5.13. The van der Waals surface area contributed by atoms with Gasteiger partial charge in [-0.25, -0.2) is 0 Å². The summed E-state index contributed by atoms with van der Waals surface area (Å²) in [6.07, 6.45) is 0.333. The average molecular weight is 160 g/mol. The highest BCUT2D eigenvalue weighted by molar-refractivity contribution is 5.71. The maximum Gasteiger partial charge on any atom is 0.308 e. The van der Waals surface area contributed by atoms with E-state index in [0.29, 0.717) is 6.42 Å². The Morgan fingerprint density at radius 2 is 2.09 bits per heavy atom. The summed E-state index contributed by atoms with van der Waals surface area (Å²) in [7, 11) is 0. The molecule has 0 saturated heterocycles. The summed E-state index contributed by atoms with van der Waals surface area (Å²) in [5.74, 6) is -0.360. The molecule has 0 spiro atoms. The third kappa shape index (κ3) is 3.98. The fourth-order valence-corrected chi connectivity index (χ4v) is 0.550. The zero-order valence-corrected chi connectivity index (χ0v) is 7.33. The lowest BCUT2D eigenvalue weighted by molar-refractivity contribution is -0.155. The van der Waals surface area contributed by atoms with Crippen molar-refractivity contribution in [3.8, 4) is 0 Å². The van der Waals surface area contributed by atoms with E-state index in [0.717, 1.165) is 0 Å². The lowest BCUT2D eigenvalue weighted by Gasteiger charge is -2.14. The van der Waals surface area contributed by atoms with E-state index in [-0.39, 0.29) is 24.6 Å². The van der Waals surface area contributed by atoms with Crippen LogP contribution in [-0.2, 0) is 9.53 Å². The van der Waals surface area contributed by atoms with Gasteiger partial charge in [0.25, 0.3) is 0 Å². The Hall–Kier alpha value is -0.570. The van der Waals surface area contributed by atoms with Gasteiger partial charge in [0.05, 0.1) is 12.5 Å². The smallest absolute Gasteiger partial charge is 0.308 e. The van der Waals surface area contributed by atoms with Gasteiger partial charge in [-0.1, -0.05) is 20.8 Å². The molecule has 1 N–H and O–H groups in total. The summed E-state index contributed by atoms with van der Waals surface area (Å²) in [6.45, 7) is 5.32. The Balaban J connectivity index is 3.72. The van der Waals surface area contributed by atoms with Gasteiger partial charge in [0.15, 0.2) is 0 Å². The first-order valence-corrected chi connectivity index (χ1v) is 3.93. The molecule has 0 aromatic heterocycles. The van der Waals surface area contributed by atoms with Crippen LogP contribution < -0.4 is 0 Å². The van der Waals surface area contributed by atoms with E-state index in [1.54, 1.807) is 13.8 Å². The molecule has 3 heteroatoms. The van der Waals surface area contributed by atoms with Gasteiger partial charge in [0.2, 0.25) is 0 Å². The molecule has 0 amide bonds. The molecule has 0 bridgehead atoms. The molecule has 66 valence electrons. The summed E-state index contributed by atoms with van der Waals surface area (Å²) in [5.41, 5.74) is 0. The van der Waals surface area contributed by atoms with Crippen LogP contribution >= 0.6 is 0 Å². The topological polar surface area (TPSA) is 46.5 Å². The minimum Gasteiger partial charge on any atom is -0.460 e. The monoisotopic (exact) mass is 160 g/mol. The fourth-order valence-electron chi connectivity index (χ4n) is 0.550. The van der Waals surface area contributed by atoms with Crippen LogP contribution in [0.4, 0.5) is 0 Å². The minimum absolute atomic E-state index is 0.0883. The average Bonchev–Trinajstić information content (AvgIpc) is 1.99. The van der Waals surface area contributed by atoms with E-state index < -0.39 is 0 Å². The molecule has 0 saturated carbocycles. The summed E-state index contributed by atoms with van der Waals surface area (Å²) >= 11 is 0. The summed E-state index contributed by atoms with van der Waals surface area (Å²) in [6, 6.07) is 0. The standard InChI is InChI=1S/C8H16O3/c1-4-7(5-9)11-8(10)6(2)3/h6-7,9H,4-5H2,1-3H3. The molecule has 0 aromatic carbocycles. The van der Waals surface area contributed by atoms with Crippen molar-refractivity contribution in [1.82, 2.24) is 0 Å². The van der Waals surface area contributed by atoms with Gasteiger partial charge in [0.1, 0.15) is 6.10 Å². The molecule has 1 unspecified atom stereocenters. The first kappa shape index (κ1) is 10.4. The zero-order chi connectivity index (χ0) is 8.85. The predicted molar refractivity (Wildman–Crippen MR) is 42.1 cm³/mol. The molecule has 0 aliphatic heterocycles. The molecule has 0 heterocycles. The number of carbonyl (C=O) groups excluding carboxylic acids is 1. The van der Waals surface area contributed by atoms with Crippen molar-refractivity contribution >= 4 is 5.97 Å². The first-order chi connectivity index (χ1) is 5.11. The predicted octanol–water partition coefficient (Wildman–Crippen LogP) is 0.956. The van der Waals surface area contributed by atoms with Crippen molar-refractivity contribution in [2.24, 2.45) is 5.92 Å². The van der Waals surface area contributed by atoms with E-state index in [1.807, 2.05) is 6.92 Å². The molecular formula is C8H16O3. The van der Waals surface area contributed by atoms with Crippen LogP contribution in [-0.4, -0.2) is 23.8 Å². The van der Waals surface area contributed by atoms with E-state index in [4.69, 9.17) is 9.84 Å². The third-order valence-electron chi connectivity index (χ3n) is 1.41. The van der Waals surface area contributed by atoms with Gasteiger partial charge in [-0.2, -0.15) is 0 Å². The molecule has 0 aromatic rings. The number of carbonyl (C=O) groups is 1. The third-order valence-corrected chi connectivity index (χ3v) is 1.41. The van der Waals surface area contributed by atoms with Crippen molar-refractivity contribution in [3.05, 3.63) is 0 Å². The lowest BCUT2D eigenvalue weighted by Crippen LogP contribution is -2.23. The van der Waals surface area contributed by atoms with Crippen LogP contribution in [0.2, 0.25) is 0 Å². The van der Waals surface area contributed by atoms with Crippen LogP contribution in [0, 0.1) is 5.92 Å². The van der Waals surface area contributed by atoms with Gasteiger partial charge < -0.3 is 9.84 Å². The Kier molecular flexibility index (Phi) is 4.86. The van der Waals surface area contributed by atoms with Crippen molar-refractivity contribution in [1.29, 1.82) is 0 Å². The number of hydrogen-bond donors (Lipinski definition) is 1. The van der Waals surface area contributed by atoms with Crippen molar-refractivity contribution in [2.45, 2.75) is 33.3 Å². The van der Waals surface area contributed by atoms with Gasteiger partial charge in [-0.3, -0.25) is 4.79 Å². The van der Waals surface area contributed by atoms with E-state index in [1.165, 1.54) is 0 Å².